The number of aromatic nitrogens is 3. The normalized spacial score (nSPS) is 15.2. The highest BCUT2D eigenvalue weighted by atomic mass is 16.5. The predicted molar refractivity (Wildman–Crippen MR) is 95.2 cm³/mol. The molecule has 0 spiro atoms. The highest BCUT2D eigenvalue weighted by molar-refractivity contribution is 5.91. The van der Waals surface area contributed by atoms with E-state index >= 15 is 0 Å². The number of benzene rings is 1. The van der Waals surface area contributed by atoms with Gasteiger partial charge >= 0.3 is 5.97 Å². The number of aliphatic hydroxyl groups excluding tert-OH is 1. The van der Waals surface area contributed by atoms with E-state index in [1.165, 1.54) is 4.80 Å². The van der Waals surface area contributed by atoms with Gasteiger partial charge in [0.2, 0.25) is 5.69 Å². The van der Waals surface area contributed by atoms with Gasteiger partial charge in [0.15, 0.2) is 5.82 Å². The summed E-state index contributed by atoms with van der Waals surface area (Å²) in [5.41, 5.74) is 0.522. The number of carboxylic acid groups (broad SMARTS) is 1. The second-order valence-corrected chi connectivity index (χ2v) is 5.92. The van der Waals surface area contributed by atoms with Crippen LogP contribution >= 0.6 is 0 Å². The van der Waals surface area contributed by atoms with Gasteiger partial charge in [-0.1, -0.05) is 12.1 Å². The molecule has 9 nitrogen and oxygen atoms in total. The molecule has 3 rings (SSSR count). The minimum atomic E-state index is -1.11. The van der Waals surface area contributed by atoms with Crippen LogP contribution in [0.25, 0.3) is 5.69 Å². The summed E-state index contributed by atoms with van der Waals surface area (Å²) in [7, 11) is 0. The maximum Gasteiger partial charge on any atom is 0.360 e. The smallest absolute Gasteiger partial charge is 0.360 e. The standard InChI is InChI=1S/C17H23N5O4/c1-2-26-14-6-4-3-5-13(14)22-18-15(17(24)25)16(19-22)21-9-7-20(8-10-21)11-12-23/h3-6,23H,2,7-12H2,1H3,(H,24,25). The summed E-state index contributed by atoms with van der Waals surface area (Å²) < 4.78 is 5.60. The molecule has 1 fully saturated rings. The number of aliphatic hydroxyl groups is 1. The first-order chi connectivity index (χ1) is 12.6. The van der Waals surface area contributed by atoms with Crippen molar-refractivity contribution in [3.8, 4) is 11.4 Å². The van der Waals surface area contributed by atoms with Gasteiger partial charge in [-0.25, -0.2) is 4.79 Å². The summed E-state index contributed by atoms with van der Waals surface area (Å²) in [5, 5.41) is 27.2. The zero-order valence-corrected chi connectivity index (χ0v) is 14.7. The molecule has 1 aromatic carbocycles. The van der Waals surface area contributed by atoms with Crippen molar-refractivity contribution in [1.82, 2.24) is 19.9 Å². The minimum absolute atomic E-state index is 0.0769. The lowest BCUT2D eigenvalue weighted by atomic mass is 10.3. The Bertz CT molecular complexity index is 755. The van der Waals surface area contributed by atoms with Gasteiger partial charge < -0.3 is 19.8 Å². The van der Waals surface area contributed by atoms with Crippen molar-refractivity contribution in [2.45, 2.75) is 6.92 Å². The van der Waals surface area contributed by atoms with Crippen LogP contribution in [0.15, 0.2) is 24.3 Å². The molecule has 1 aliphatic rings. The third-order valence-electron chi connectivity index (χ3n) is 4.27. The fourth-order valence-electron chi connectivity index (χ4n) is 2.98. The Hall–Kier alpha value is -2.65. The van der Waals surface area contributed by atoms with Crippen molar-refractivity contribution < 1.29 is 19.7 Å². The van der Waals surface area contributed by atoms with Gasteiger partial charge in [-0.05, 0) is 19.1 Å². The summed E-state index contributed by atoms with van der Waals surface area (Å²) in [6.45, 7) is 5.85. The van der Waals surface area contributed by atoms with Crippen LogP contribution in [-0.2, 0) is 0 Å². The number of β-amino-alcohol motifs (C(OH)–C–C–N with tert-alkyl or cyclic N) is 1. The molecule has 0 saturated carbocycles. The molecule has 0 unspecified atom stereocenters. The van der Waals surface area contributed by atoms with Crippen LogP contribution in [0.5, 0.6) is 5.75 Å². The number of hydrogen-bond acceptors (Lipinski definition) is 7. The van der Waals surface area contributed by atoms with Gasteiger partial charge in [-0.15, -0.1) is 15.0 Å². The Morgan fingerprint density at radius 3 is 2.58 bits per heavy atom. The monoisotopic (exact) mass is 361 g/mol. The maximum atomic E-state index is 11.7. The fourth-order valence-corrected chi connectivity index (χ4v) is 2.98. The number of hydrogen-bond donors (Lipinski definition) is 2. The largest absolute Gasteiger partial charge is 0.492 e. The molecule has 140 valence electrons. The van der Waals surface area contributed by atoms with E-state index in [-0.39, 0.29) is 12.3 Å². The number of anilines is 1. The molecular formula is C17H23N5O4. The molecule has 0 aliphatic carbocycles. The quantitative estimate of drug-likeness (QED) is 0.734. The maximum absolute atomic E-state index is 11.7. The fraction of sp³-hybridized carbons (Fsp3) is 0.471. The van der Waals surface area contributed by atoms with E-state index in [2.05, 4.69) is 15.1 Å². The number of nitrogens with zero attached hydrogens (tertiary/aromatic N) is 5. The first kappa shape index (κ1) is 18.2. The Labute approximate surface area is 151 Å². The molecule has 2 heterocycles. The van der Waals surface area contributed by atoms with Crippen molar-refractivity contribution in [2.75, 3.05) is 50.8 Å². The first-order valence-electron chi connectivity index (χ1n) is 8.65. The molecule has 26 heavy (non-hydrogen) atoms. The zero-order chi connectivity index (χ0) is 18.5. The molecular weight excluding hydrogens is 338 g/mol. The van der Waals surface area contributed by atoms with Gasteiger partial charge in [0, 0.05) is 32.7 Å². The van der Waals surface area contributed by atoms with Crippen LogP contribution in [0.2, 0.25) is 0 Å². The summed E-state index contributed by atoms with van der Waals surface area (Å²) in [6.07, 6.45) is 0. The van der Waals surface area contributed by atoms with E-state index in [1.54, 1.807) is 12.1 Å². The van der Waals surface area contributed by atoms with Crippen LogP contribution in [0.3, 0.4) is 0 Å². The van der Waals surface area contributed by atoms with E-state index in [0.717, 1.165) is 13.1 Å². The molecule has 9 heteroatoms. The lowest BCUT2D eigenvalue weighted by Crippen LogP contribution is -2.47. The van der Waals surface area contributed by atoms with E-state index in [1.807, 2.05) is 24.0 Å². The van der Waals surface area contributed by atoms with E-state index in [0.29, 0.717) is 43.5 Å². The Morgan fingerprint density at radius 1 is 1.19 bits per heavy atom. The minimum Gasteiger partial charge on any atom is -0.492 e. The number of ether oxygens (including phenoxy) is 1. The van der Waals surface area contributed by atoms with Crippen LogP contribution in [0.1, 0.15) is 17.4 Å². The summed E-state index contributed by atoms with van der Waals surface area (Å²) >= 11 is 0. The van der Waals surface area contributed by atoms with Crippen molar-refractivity contribution >= 4 is 11.8 Å². The molecule has 1 aromatic heterocycles. The van der Waals surface area contributed by atoms with Gasteiger partial charge in [0.05, 0.1) is 13.2 Å². The highest BCUT2D eigenvalue weighted by Crippen LogP contribution is 2.25. The number of piperazine rings is 1. The molecule has 0 atom stereocenters. The van der Waals surface area contributed by atoms with Gasteiger partial charge in [-0.3, -0.25) is 4.90 Å². The van der Waals surface area contributed by atoms with Gasteiger partial charge in [-0.2, -0.15) is 0 Å². The lowest BCUT2D eigenvalue weighted by Gasteiger charge is -2.34. The topological polar surface area (TPSA) is 104 Å². The molecule has 2 aromatic rings. The molecule has 0 bridgehead atoms. The third kappa shape index (κ3) is 3.78. The second kappa shape index (κ2) is 8.15. The summed E-state index contributed by atoms with van der Waals surface area (Å²) in [5.74, 6) is -0.161. The van der Waals surface area contributed by atoms with Gasteiger partial charge in [0.1, 0.15) is 11.4 Å². The van der Waals surface area contributed by atoms with Crippen LogP contribution in [0, 0.1) is 0 Å². The Morgan fingerprint density at radius 2 is 1.92 bits per heavy atom. The van der Waals surface area contributed by atoms with E-state index < -0.39 is 5.97 Å². The van der Waals surface area contributed by atoms with Crippen LogP contribution in [0.4, 0.5) is 5.82 Å². The predicted octanol–water partition coefficient (Wildman–Crippen LogP) is 0.478. The number of rotatable bonds is 7. The Kier molecular flexibility index (Phi) is 5.69. The molecule has 0 amide bonds. The average molecular weight is 361 g/mol. The Balaban J connectivity index is 1.89. The van der Waals surface area contributed by atoms with Crippen molar-refractivity contribution in [3.63, 3.8) is 0 Å². The third-order valence-corrected chi connectivity index (χ3v) is 4.27. The lowest BCUT2D eigenvalue weighted by molar-refractivity contribution is 0.0690. The number of para-hydroxylation sites is 2. The summed E-state index contributed by atoms with van der Waals surface area (Å²) in [4.78, 5) is 17.0. The number of carboxylic acids is 1. The number of aromatic carboxylic acids is 1. The van der Waals surface area contributed by atoms with E-state index in [4.69, 9.17) is 9.84 Å². The SMILES string of the molecule is CCOc1ccccc1-n1nc(C(=O)O)c(N2CCN(CCO)CC2)n1. The van der Waals surface area contributed by atoms with Crippen LogP contribution in [-0.4, -0.2) is 82.0 Å². The van der Waals surface area contributed by atoms with Crippen molar-refractivity contribution in [1.29, 1.82) is 0 Å². The van der Waals surface area contributed by atoms with Crippen molar-refractivity contribution in [3.05, 3.63) is 30.0 Å². The molecule has 2 N–H and O–H groups in total. The number of carbonyl (C=O) groups is 1. The first-order valence-corrected chi connectivity index (χ1v) is 8.65. The van der Waals surface area contributed by atoms with Crippen molar-refractivity contribution in [2.24, 2.45) is 0 Å². The molecule has 0 radical (unpaired) electrons. The second-order valence-electron chi connectivity index (χ2n) is 5.92. The molecule has 1 saturated heterocycles. The van der Waals surface area contributed by atoms with Crippen LogP contribution < -0.4 is 9.64 Å². The zero-order valence-electron chi connectivity index (χ0n) is 14.7. The molecule has 1 aliphatic heterocycles. The van der Waals surface area contributed by atoms with E-state index in [9.17, 15) is 9.90 Å². The van der Waals surface area contributed by atoms with Gasteiger partial charge in [0.25, 0.3) is 0 Å². The summed E-state index contributed by atoms with van der Waals surface area (Å²) in [6, 6.07) is 7.27. The average Bonchev–Trinajstić information content (AvgIpc) is 3.09. The highest BCUT2D eigenvalue weighted by Gasteiger charge is 2.27.